The summed E-state index contributed by atoms with van der Waals surface area (Å²) in [7, 11) is 0. The van der Waals surface area contributed by atoms with Crippen LogP contribution in [0, 0.1) is 0 Å². The third kappa shape index (κ3) is 4.06. The van der Waals surface area contributed by atoms with E-state index in [1.165, 1.54) is 0 Å². The van der Waals surface area contributed by atoms with Crippen molar-refractivity contribution in [3.05, 3.63) is 59.9 Å². The number of nitrogens with one attached hydrogen (secondary N) is 2. The Kier molecular flexibility index (Phi) is 5.13. The zero-order valence-electron chi connectivity index (χ0n) is 13.8. The minimum atomic E-state index is -0.268. The second kappa shape index (κ2) is 7.65. The predicted molar refractivity (Wildman–Crippen MR) is 92.1 cm³/mol. The van der Waals surface area contributed by atoms with Crippen LogP contribution in [0.3, 0.4) is 0 Å². The molecular weight excluding hydrogens is 320 g/mol. The Labute approximate surface area is 145 Å². The van der Waals surface area contributed by atoms with Crippen molar-refractivity contribution < 1.29 is 14.4 Å². The third-order valence-corrected chi connectivity index (χ3v) is 4.20. The molecule has 1 fully saturated rings. The number of carbonyl (C=O) groups is 3. The standard InChI is InChI=1S/C18H20N4O3/c23-16(13-20-17(24)14-4-2-1-3-5-14)21-8-10-22(11-9-21)18(25)15-6-7-19-12-15/h1-7,12,19H,8-11,13H2,(H,20,24). The maximum absolute atomic E-state index is 12.3. The van der Waals surface area contributed by atoms with Crippen molar-refractivity contribution in [1.82, 2.24) is 20.1 Å². The van der Waals surface area contributed by atoms with E-state index in [1.807, 2.05) is 6.07 Å². The van der Waals surface area contributed by atoms with E-state index < -0.39 is 0 Å². The Hall–Kier alpha value is -3.09. The fraction of sp³-hybridized carbons (Fsp3) is 0.278. The first-order chi connectivity index (χ1) is 12.1. The van der Waals surface area contributed by atoms with Gasteiger partial charge in [-0.1, -0.05) is 18.2 Å². The van der Waals surface area contributed by atoms with Crippen LogP contribution in [0.15, 0.2) is 48.8 Å². The van der Waals surface area contributed by atoms with E-state index >= 15 is 0 Å². The van der Waals surface area contributed by atoms with Gasteiger partial charge in [-0.2, -0.15) is 0 Å². The number of amides is 3. The molecule has 3 rings (SSSR count). The lowest BCUT2D eigenvalue weighted by molar-refractivity contribution is -0.131. The van der Waals surface area contributed by atoms with Crippen molar-refractivity contribution in [3.63, 3.8) is 0 Å². The van der Waals surface area contributed by atoms with Crippen molar-refractivity contribution >= 4 is 17.7 Å². The molecule has 1 aromatic carbocycles. The van der Waals surface area contributed by atoms with Gasteiger partial charge >= 0.3 is 0 Å². The lowest BCUT2D eigenvalue weighted by atomic mass is 10.2. The van der Waals surface area contributed by atoms with Crippen molar-refractivity contribution in [2.24, 2.45) is 0 Å². The molecule has 1 aliphatic heterocycles. The average Bonchev–Trinajstić information content (AvgIpc) is 3.21. The van der Waals surface area contributed by atoms with Gasteiger partial charge in [-0.05, 0) is 18.2 Å². The second-order valence-electron chi connectivity index (χ2n) is 5.82. The van der Waals surface area contributed by atoms with E-state index in [2.05, 4.69) is 10.3 Å². The lowest BCUT2D eigenvalue weighted by Gasteiger charge is -2.34. The topological polar surface area (TPSA) is 85.5 Å². The Bertz CT molecular complexity index is 735. The highest BCUT2D eigenvalue weighted by Gasteiger charge is 2.25. The number of hydrogen-bond donors (Lipinski definition) is 2. The Morgan fingerprint density at radius 1 is 0.920 bits per heavy atom. The number of nitrogens with zero attached hydrogens (tertiary/aromatic N) is 2. The van der Waals surface area contributed by atoms with E-state index in [9.17, 15) is 14.4 Å². The second-order valence-corrected chi connectivity index (χ2v) is 5.82. The summed E-state index contributed by atoms with van der Waals surface area (Å²) in [5, 5.41) is 2.64. The molecule has 0 atom stereocenters. The van der Waals surface area contributed by atoms with Gasteiger partial charge in [0.15, 0.2) is 0 Å². The first-order valence-corrected chi connectivity index (χ1v) is 8.18. The highest BCUT2D eigenvalue weighted by Crippen LogP contribution is 2.08. The molecule has 7 nitrogen and oxygen atoms in total. The molecule has 0 unspecified atom stereocenters. The van der Waals surface area contributed by atoms with E-state index in [4.69, 9.17) is 0 Å². The fourth-order valence-electron chi connectivity index (χ4n) is 2.76. The largest absolute Gasteiger partial charge is 0.367 e. The van der Waals surface area contributed by atoms with Gasteiger partial charge in [0.05, 0.1) is 12.1 Å². The zero-order chi connectivity index (χ0) is 17.6. The quantitative estimate of drug-likeness (QED) is 0.860. The van der Waals surface area contributed by atoms with Crippen LogP contribution >= 0.6 is 0 Å². The molecule has 3 amide bonds. The minimum Gasteiger partial charge on any atom is -0.367 e. The molecule has 0 radical (unpaired) electrons. The summed E-state index contributed by atoms with van der Waals surface area (Å²) in [5.41, 5.74) is 1.15. The first kappa shape index (κ1) is 16.8. The maximum atomic E-state index is 12.3. The smallest absolute Gasteiger partial charge is 0.255 e. The molecule has 1 aromatic heterocycles. The number of hydrogen-bond acceptors (Lipinski definition) is 3. The van der Waals surface area contributed by atoms with E-state index in [0.29, 0.717) is 37.3 Å². The van der Waals surface area contributed by atoms with Crippen LogP contribution in [0.25, 0.3) is 0 Å². The number of rotatable bonds is 4. The molecule has 2 aromatic rings. The molecule has 130 valence electrons. The average molecular weight is 340 g/mol. The van der Waals surface area contributed by atoms with Gasteiger partial charge in [-0.15, -0.1) is 0 Å². The SMILES string of the molecule is O=C(NCC(=O)N1CCN(C(=O)c2cc[nH]c2)CC1)c1ccccc1. The van der Waals surface area contributed by atoms with Crippen LogP contribution in [0.1, 0.15) is 20.7 Å². The highest BCUT2D eigenvalue weighted by atomic mass is 16.2. The van der Waals surface area contributed by atoms with Crippen LogP contribution in [0.2, 0.25) is 0 Å². The van der Waals surface area contributed by atoms with Crippen LogP contribution in [-0.4, -0.2) is 65.2 Å². The van der Waals surface area contributed by atoms with Crippen molar-refractivity contribution in [2.45, 2.75) is 0 Å². The Balaban J connectivity index is 1.45. The molecular formula is C18H20N4O3. The summed E-state index contributed by atoms with van der Waals surface area (Å²) < 4.78 is 0. The number of H-pyrrole nitrogens is 1. The summed E-state index contributed by atoms with van der Waals surface area (Å²) in [6.07, 6.45) is 3.38. The van der Waals surface area contributed by atoms with Crippen molar-refractivity contribution in [2.75, 3.05) is 32.7 Å². The van der Waals surface area contributed by atoms with Crippen molar-refractivity contribution in [1.29, 1.82) is 0 Å². The van der Waals surface area contributed by atoms with Gasteiger partial charge in [0, 0.05) is 44.1 Å². The van der Waals surface area contributed by atoms with Gasteiger partial charge in [0.2, 0.25) is 5.91 Å². The number of piperazine rings is 1. The summed E-state index contributed by atoms with van der Waals surface area (Å²) >= 11 is 0. The van der Waals surface area contributed by atoms with Crippen molar-refractivity contribution in [3.8, 4) is 0 Å². The molecule has 2 N–H and O–H groups in total. The van der Waals surface area contributed by atoms with Gasteiger partial charge < -0.3 is 20.1 Å². The molecule has 7 heteroatoms. The normalized spacial score (nSPS) is 14.2. The maximum Gasteiger partial charge on any atom is 0.255 e. The zero-order valence-corrected chi connectivity index (χ0v) is 13.8. The highest BCUT2D eigenvalue weighted by molar-refractivity contribution is 5.96. The molecule has 1 aliphatic rings. The summed E-state index contributed by atoms with van der Waals surface area (Å²) in [6.45, 7) is 1.87. The summed E-state index contributed by atoms with van der Waals surface area (Å²) in [4.78, 5) is 42.7. The molecule has 0 bridgehead atoms. The van der Waals surface area contributed by atoms with Gasteiger partial charge in [-0.25, -0.2) is 0 Å². The van der Waals surface area contributed by atoms with Crippen LogP contribution < -0.4 is 5.32 Å². The number of carbonyl (C=O) groups excluding carboxylic acids is 3. The first-order valence-electron chi connectivity index (χ1n) is 8.18. The summed E-state index contributed by atoms with van der Waals surface area (Å²) in [5.74, 6) is -0.445. The van der Waals surface area contributed by atoms with Crippen LogP contribution in [0.5, 0.6) is 0 Å². The van der Waals surface area contributed by atoms with Gasteiger partial charge in [-0.3, -0.25) is 14.4 Å². The number of benzene rings is 1. The molecule has 0 aliphatic carbocycles. The lowest BCUT2D eigenvalue weighted by Crippen LogP contribution is -2.52. The van der Waals surface area contributed by atoms with E-state index in [1.54, 1.807) is 52.5 Å². The summed E-state index contributed by atoms with van der Waals surface area (Å²) in [6, 6.07) is 10.5. The van der Waals surface area contributed by atoms with Gasteiger partial charge in [0.1, 0.15) is 0 Å². The molecule has 25 heavy (non-hydrogen) atoms. The number of aromatic amines is 1. The van der Waals surface area contributed by atoms with Crippen LogP contribution in [0.4, 0.5) is 0 Å². The van der Waals surface area contributed by atoms with E-state index in [0.717, 1.165) is 0 Å². The van der Waals surface area contributed by atoms with E-state index in [-0.39, 0.29) is 24.3 Å². The van der Waals surface area contributed by atoms with Crippen LogP contribution in [-0.2, 0) is 4.79 Å². The minimum absolute atomic E-state index is 0.0364. The van der Waals surface area contributed by atoms with Gasteiger partial charge in [0.25, 0.3) is 11.8 Å². The Morgan fingerprint density at radius 3 is 2.24 bits per heavy atom. The molecule has 2 heterocycles. The fourth-order valence-corrected chi connectivity index (χ4v) is 2.76. The Morgan fingerprint density at radius 2 is 1.60 bits per heavy atom. The monoisotopic (exact) mass is 340 g/mol. The third-order valence-electron chi connectivity index (χ3n) is 4.20. The molecule has 1 saturated heterocycles. The molecule has 0 spiro atoms. The predicted octanol–water partition coefficient (Wildman–Crippen LogP) is 0.729. The molecule has 0 saturated carbocycles. The number of aromatic nitrogens is 1.